The molecule has 8 heteroatoms. The summed E-state index contributed by atoms with van der Waals surface area (Å²) in [5, 5.41) is 0. The van der Waals surface area contributed by atoms with Crippen LogP contribution in [0.25, 0.3) is 0 Å². The summed E-state index contributed by atoms with van der Waals surface area (Å²) in [5.74, 6) is -4.97. The van der Waals surface area contributed by atoms with E-state index in [2.05, 4.69) is 6.92 Å². The Balaban J connectivity index is 1.74. The number of unbranched alkanes of at least 4 members (excludes halogenated alkanes) is 3. The molecule has 4 saturated carbocycles. The molecule has 0 N–H and O–H groups in total. The van der Waals surface area contributed by atoms with E-state index in [9.17, 15) is 19.2 Å². The first-order chi connectivity index (χ1) is 21.4. The van der Waals surface area contributed by atoms with Gasteiger partial charge in [-0.25, -0.2) is 0 Å². The van der Waals surface area contributed by atoms with E-state index < -0.39 is 53.5 Å². The molecule has 0 spiro atoms. The topological polar surface area (TPSA) is 105 Å². The highest BCUT2D eigenvalue weighted by Gasteiger charge is 2.66. The fourth-order valence-corrected chi connectivity index (χ4v) is 7.67. The normalized spacial score (nSPS) is 22.1. The highest BCUT2D eigenvalue weighted by Crippen LogP contribution is 2.42. The molecule has 0 amide bonds. The van der Waals surface area contributed by atoms with Crippen molar-refractivity contribution in [2.45, 2.75) is 192 Å². The third-order valence-electron chi connectivity index (χ3n) is 10.4. The molecular weight excluding hydrogens is 560 g/mol. The van der Waals surface area contributed by atoms with Crippen LogP contribution in [0.1, 0.15) is 167 Å². The molecule has 8 nitrogen and oxygen atoms in total. The van der Waals surface area contributed by atoms with Gasteiger partial charge in [-0.1, -0.05) is 58.3 Å². The van der Waals surface area contributed by atoms with Crippen LogP contribution in [0.2, 0.25) is 0 Å². The van der Waals surface area contributed by atoms with Crippen molar-refractivity contribution in [1.29, 1.82) is 0 Å². The van der Waals surface area contributed by atoms with Crippen LogP contribution < -0.4 is 0 Å². The SMILES string of the molecule is CCCCCCC(C(=O)OC1CCCCC1)C(C(=O)OC1CCCCC1)(C(=O)OC1CCCCC1)C(=O)OC1CCCCC1. The van der Waals surface area contributed by atoms with Crippen LogP contribution in [0.15, 0.2) is 0 Å². The zero-order valence-corrected chi connectivity index (χ0v) is 27.3. The number of carbonyl (C=O) groups excluding carboxylic acids is 4. The van der Waals surface area contributed by atoms with E-state index in [1.807, 2.05) is 0 Å². The molecule has 0 aromatic carbocycles. The number of rotatable bonds is 14. The summed E-state index contributed by atoms with van der Waals surface area (Å²) in [7, 11) is 0. The van der Waals surface area contributed by atoms with Gasteiger partial charge in [0.25, 0.3) is 5.41 Å². The molecular formula is C36H58O8. The van der Waals surface area contributed by atoms with E-state index in [-0.39, 0.29) is 12.5 Å². The summed E-state index contributed by atoms with van der Waals surface area (Å²) >= 11 is 0. The zero-order chi connectivity index (χ0) is 31.2. The van der Waals surface area contributed by atoms with Crippen molar-refractivity contribution in [1.82, 2.24) is 0 Å². The first-order valence-corrected chi connectivity index (χ1v) is 18.3. The highest BCUT2D eigenvalue weighted by molar-refractivity contribution is 6.20. The summed E-state index contributed by atoms with van der Waals surface area (Å²) in [5.41, 5.74) is -2.54. The van der Waals surface area contributed by atoms with E-state index in [1.165, 1.54) is 0 Å². The Morgan fingerprint density at radius 1 is 0.500 bits per heavy atom. The van der Waals surface area contributed by atoms with Crippen molar-refractivity contribution in [3.8, 4) is 0 Å². The van der Waals surface area contributed by atoms with Crippen LogP contribution in [0.4, 0.5) is 0 Å². The molecule has 4 rings (SSSR count). The van der Waals surface area contributed by atoms with Crippen molar-refractivity contribution in [3.05, 3.63) is 0 Å². The largest absolute Gasteiger partial charge is 0.462 e. The monoisotopic (exact) mass is 618 g/mol. The molecule has 1 atom stereocenters. The predicted octanol–water partition coefficient (Wildman–Crippen LogP) is 8.06. The summed E-state index contributed by atoms with van der Waals surface area (Å²) < 4.78 is 24.3. The van der Waals surface area contributed by atoms with Gasteiger partial charge < -0.3 is 18.9 Å². The lowest BCUT2D eigenvalue weighted by Crippen LogP contribution is -2.58. The fraction of sp³-hybridized carbons (Fsp3) is 0.889. The molecule has 44 heavy (non-hydrogen) atoms. The lowest BCUT2D eigenvalue weighted by Gasteiger charge is -2.38. The minimum Gasteiger partial charge on any atom is -0.462 e. The van der Waals surface area contributed by atoms with Gasteiger partial charge >= 0.3 is 23.9 Å². The van der Waals surface area contributed by atoms with Gasteiger partial charge in [0, 0.05) is 0 Å². The van der Waals surface area contributed by atoms with E-state index in [1.54, 1.807) is 0 Å². The van der Waals surface area contributed by atoms with E-state index in [4.69, 9.17) is 18.9 Å². The second kappa shape index (κ2) is 18.1. The van der Waals surface area contributed by atoms with Gasteiger partial charge in [0.05, 0.1) is 5.92 Å². The Kier molecular flexibility index (Phi) is 14.3. The standard InChI is InChI=1S/C36H58O8/c1-2-3-4-17-26-31(32(37)41-27-18-9-5-10-19-27)36(33(38)42-28-20-11-6-12-21-28,34(39)43-29-22-13-7-14-23-29)35(40)44-30-24-15-8-16-25-30/h27-31H,2-26H2,1H3. The van der Waals surface area contributed by atoms with Gasteiger partial charge in [0.2, 0.25) is 0 Å². The van der Waals surface area contributed by atoms with Crippen molar-refractivity contribution < 1.29 is 38.1 Å². The van der Waals surface area contributed by atoms with Crippen LogP contribution in [0.3, 0.4) is 0 Å². The first-order valence-electron chi connectivity index (χ1n) is 18.3. The van der Waals surface area contributed by atoms with Crippen LogP contribution in [-0.4, -0.2) is 48.3 Å². The van der Waals surface area contributed by atoms with Crippen molar-refractivity contribution >= 4 is 23.9 Å². The lowest BCUT2D eigenvalue weighted by molar-refractivity contribution is -0.203. The van der Waals surface area contributed by atoms with E-state index in [0.717, 1.165) is 109 Å². The Morgan fingerprint density at radius 2 is 0.841 bits per heavy atom. The molecule has 0 aromatic heterocycles. The summed E-state index contributed by atoms with van der Waals surface area (Å²) in [6.45, 7) is 2.10. The van der Waals surface area contributed by atoms with Crippen LogP contribution in [-0.2, 0) is 38.1 Å². The zero-order valence-electron chi connectivity index (χ0n) is 27.3. The second-order valence-corrected chi connectivity index (χ2v) is 13.9. The van der Waals surface area contributed by atoms with Gasteiger partial charge in [-0.05, 0) is 109 Å². The van der Waals surface area contributed by atoms with Gasteiger partial charge in [0.1, 0.15) is 24.4 Å². The van der Waals surface area contributed by atoms with Gasteiger partial charge in [-0.3, -0.25) is 19.2 Å². The molecule has 0 radical (unpaired) electrons. The number of esters is 4. The predicted molar refractivity (Wildman–Crippen MR) is 167 cm³/mol. The smallest absolute Gasteiger partial charge is 0.336 e. The van der Waals surface area contributed by atoms with Crippen molar-refractivity contribution in [2.75, 3.05) is 0 Å². The van der Waals surface area contributed by atoms with E-state index >= 15 is 0 Å². The minimum atomic E-state index is -2.54. The maximum absolute atomic E-state index is 14.6. The molecule has 0 aromatic rings. The molecule has 0 heterocycles. The van der Waals surface area contributed by atoms with Crippen molar-refractivity contribution in [2.24, 2.45) is 11.3 Å². The molecule has 1 unspecified atom stereocenters. The lowest BCUT2D eigenvalue weighted by atomic mass is 9.72. The second-order valence-electron chi connectivity index (χ2n) is 13.9. The Hall–Kier alpha value is -2.12. The Labute approximate surface area is 265 Å². The van der Waals surface area contributed by atoms with Crippen LogP contribution in [0.5, 0.6) is 0 Å². The van der Waals surface area contributed by atoms with Gasteiger partial charge in [-0.15, -0.1) is 0 Å². The molecule has 4 fully saturated rings. The molecule has 4 aliphatic rings. The summed E-state index contributed by atoms with van der Waals surface area (Å²) in [6.07, 6.45) is 19.1. The van der Waals surface area contributed by atoms with Crippen LogP contribution >= 0.6 is 0 Å². The average molecular weight is 619 g/mol. The Bertz CT molecular complexity index is 828. The third kappa shape index (κ3) is 9.45. The number of hydrogen-bond donors (Lipinski definition) is 0. The molecule has 4 aliphatic carbocycles. The molecule has 250 valence electrons. The summed E-state index contributed by atoms with van der Waals surface area (Å²) in [6, 6.07) is 0. The fourth-order valence-electron chi connectivity index (χ4n) is 7.67. The van der Waals surface area contributed by atoms with Gasteiger partial charge in [0.15, 0.2) is 0 Å². The Morgan fingerprint density at radius 3 is 1.18 bits per heavy atom. The highest BCUT2D eigenvalue weighted by atomic mass is 16.6. The van der Waals surface area contributed by atoms with Crippen molar-refractivity contribution in [3.63, 3.8) is 0 Å². The molecule has 0 bridgehead atoms. The number of ether oxygens (including phenoxy) is 4. The molecule has 0 saturated heterocycles. The quantitative estimate of drug-likeness (QED) is 0.0833. The number of hydrogen-bond acceptors (Lipinski definition) is 8. The van der Waals surface area contributed by atoms with Gasteiger partial charge in [-0.2, -0.15) is 0 Å². The maximum Gasteiger partial charge on any atom is 0.336 e. The number of carbonyl (C=O) groups is 4. The van der Waals surface area contributed by atoms with Crippen LogP contribution in [0, 0.1) is 11.3 Å². The maximum atomic E-state index is 14.6. The molecule has 0 aliphatic heterocycles. The third-order valence-corrected chi connectivity index (χ3v) is 10.4. The summed E-state index contributed by atoms with van der Waals surface area (Å²) in [4.78, 5) is 58.1. The average Bonchev–Trinajstić information content (AvgIpc) is 3.04. The first kappa shape index (κ1) is 34.7. The van der Waals surface area contributed by atoms with E-state index in [0.29, 0.717) is 44.9 Å². The minimum absolute atomic E-state index is 0.158.